The summed E-state index contributed by atoms with van der Waals surface area (Å²) in [7, 11) is 0. The quantitative estimate of drug-likeness (QED) is 0.734. The Balaban J connectivity index is 1.69. The van der Waals surface area contributed by atoms with Gasteiger partial charge < -0.3 is 15.4 Å². The first-order valence-electron chi connectivity index (χ1n) is 6.26. The van der Waals surface area contributed by atoms with E-state index in [0.717, 1.165) is 17.7 Å². The Morgan fingerprint density at radius 1 is 1.32 bits per heavy atom. The van der Waals surface area contributed by atoms with Crippen molar-refractivity contribution in [2.24, 2.45) is 0 Å². The predicted octanol–water partition coefficient (Wildman–Crippen LogP) is 1.41. The number of phenolic OH excluding ortho intramolecular Hbond substituents is 1. The lowest BCUT2D eigenvalue weighted by Crippen LogP contribution is -2.25. The highest BCUT2D eigenvalue weighted by Crippen LogP contribution is 2.16. The number of imidazole rings is 1. The normalized spacial score (nSPS) is 10.3. The van der Waals surface area contributed by atoms with Crippen LogP contribution in [0.4, 0.5) is 0 Å². The molecule has 0 aliphatic heterocycles. The number of benzene rings is 1. The summed E-state index contributed by atoms with van der Waals surface area (Å²) in [5.41, 5.74) is 1.80. The zero-order chi connectivity index (χ0) is 13.5. The van der Waals surface area contributed by atoms with E-state index in [4.69, 9.17) is 0 Å². The van der Waals surface area contributed by atoms with Gasteiger partial charge in [-0.05, 0) is 18.1 Å². The molecule has 0 fully saturated rings. The summed E-state index contributed by atoms with van der Waals surface area (Å²) in [4.78, 5) is 18.5. The summed E-state index contributed by atoms with van der Waals surface area (Å²) >= 11 is 0. The molecule has 1 amide bonds. The molecule has 19 heavy (non-hydrogen) atoms. The van der Waals surface area contributed by atoms with Crippen LogP contribution in [-0.2, 0) is 17.6 Å². The minimum atomic E-state index is -0.0113. The topological polar surface area (TPSA) is 78.0 Å². The highest BCUT2D eigenvalue weighted by Gasteiger charge is 2.05. The van der Waals surface area contributed by atoms with Gasteiger partial charge in [0, 0.05) is 31.3 Å². The van der Waals surface area contributed by atoms with Crippen molar-refractivity contribution >= 4 is 5.91 Å². The summed E-state index contributed by atoms with van der Waals surface area (Å²) in [6.07, 6.45) is 5.02. The van der Waals surface area contributed by atoms with Gasteiger partial charge >= 0.3 is 0 Å². The zero-order valence-electron chi connectivity index (χ0n) is 10.6. The van der Waals surface area contributed by atoms with Crippen LogP contribution >= 0.6 is 0 Å². The number of amides is 1. The van der Waals surface area contributed by atoms with Gasteiger partial charge in [0.15, 0.2) is 0 Å². The van der Waals surface area contributed by atoms with Crippen molar-refractivity contribution < 1.29 is 9.90 Å². The first kappa shape index (κ1) is 13.1. The summed E-state index contributed by atoms with van der Waals surface area (Å²) in [6, 6.07) is 7.08. The number of aryl methyl sites for hydroxylation is 1. The molecule has 0 atom stereocenters. The van der Waals surface area contributed by atoms with E-state index in [-0.39, 0.29) is 11.7 Å². The van der Waals surface area contributed by atoms with Crippen LogP contribution in [0, 0.1) is 0 Å². The highest BCUT2D eigenvalue weighted by molar-refractivity contribution is 5.76. The Kier molecular flexibility index (Phi) is 4.55. The Morgan fingerprint density at radius 2 is 2.16 bits per heavy atom. The molecule has 0 aliphatic rings. The van der Waals surface area contributed by atoms with E-state index in [2.05, 4.69) is 15.3 Å². The van der Waals surface area contributed by atoms with E-state index in [1.54, 1.807) is 24.7 Å². The second-order valence-electron chi connectivity index (χ2n) is 4.31. The molecular formula is C14H17N3O2. The minimum Gasteiger partial charge on any atom is -0.508 e. The van der Waals surface area contributed by atoms with E-state index in [0.29, 0.717) is 19.4 Å². The van der Waals surface area contributed by atoms with Gasteiger partial charge in [0.05, 0.1) is 6.33 Å². The Bertz CT molecular complexity index is 523. The molecule has 2 rings (SSSR count). The Hall–Kier alpha value is -2.30. The monoisotopic (exact) mass is 259 g/mol. The average molecular weight is 259 g/mol. The maximum Gasteiger partial charge on any atom is 0.220 e. The molecule has 0 aliphatic carbocycles. The maximum atomic E-state index is 11.6. The fourth-order valence-corrected chi connectivity index (χ4v) is 1.82. The Morgan fingerprint density at radius 3 is 2.89 bits per heavy atom. The van der Waals surface area contributed by atoms with Crippen molar-refractivity contribution in [2.75, 3.05) is 6.54 Å². The maximum absolute atomic E-state index is 11.6. The van der Waals surface area contributed by atoms with Gasteiger partial charge in [0.1, 0.15) is 5.75 Å². The fraction of sp³-hybridized carbons (Fsp3) is 0.286. The van der Waals surface area contributed by atoms with Crippen molar-refractivity contribution in [2.45, 2.75) is 19.3 Å². The molecule has 0 bridgehead atoms. The van der Waals surface area contributed by atoms with Crippen LogP contribution in [0.15, 0.2) is 36.8 Å². The summed E-state index contributed by atoms with van der Waals surface area (Å²) in [5.74, 6) is 0.232. The van der Waals surface area contributed by atoms with Gasteiger partial charge in [0.2, 0.25) is 5.91 Å². The van der Waals surface area contributed by atoms with Crippen molar-refractivity contribution in [3.05, 3.63) is 48.0 Å². The second-order valence-corrected chi connectivity index (χ2v) is 4.31. The number of aromatic amines is 1. The third-order valence-corrected chi connectivity index (χ3v) is 2.88. The van der Waals surface area contributed by atoms with Crippen LogP contribution in [0.1, 0.15) is 17.7 Å². The lowest BCUT2D eigenvalue weighted by Gasteiger charge is -2.05. The fourth-order valence-electron chi connectivity index (χ4n) is 1.82. The molecule has 5 heteroatoms. The van der Waals surface area contributed by atoms with Crippen molar-refractivity contribution in [1.29, 1.82) is 0 Å². The van der Waals surface area contributed by atoms with E-state index in [1.165, 1.54) is 0 Å². The number of carbonyl (C=O) groups excluding carboxylic acids is 1. The van der Waals surface area contributed by atoms with E-state index in [9.17, 15) is 9.90 Å². The van der Waals surface area contributed by atoms with Crippen molar-refractivity contribution in [3.63, 3.8) is 0 Å². The lowest BCUT2D eigenvalue weighted by molar-refractivity contribution is -0.121. The number of para-hydroxylation sites is 1. The third-order valence-electron chi connectivity index (χ3n) is 2.88. The molecule has 1 aromatic heterocycles. The smallest absolute Gasteiger partial charge is 0.220 e. The predicted molar refractivity (Wildman–Crippen MR) is 71.7 cm³/mol. The van der Waals surface area contributed by atoms with Gasteiger partial charge in [-0.1, -0.05) is 18.2 Å². The minimum absolute atomic E-state index is 0.0113. The first-order chi connectivity index (χ1) is 9.25. The molecule has 3 N–H and O–H groups in total. The van der Waals surface area contributed by atoms with E-state index < -0.39 is 0 Å². The number of aromatic nitrogens is 2. The van der Waals surface area contributed by atoms with Crippen molar-refractivity contribution in [3.8, 4) is 5.75 Å². The number of aromatic hydroxyl groups is 1. The molecule has 0 radical (unpaired) electrons. The van der Waals surface area contributed by atoms with Gasteiger partial charge in [-0.2, -0.15) is 0 Å². The second kappa shape index (κ2) is 6.58. The molecule has 0 unspecified atom stereocenters. The number of phenols is 1. The molecule has 100 valence electrons. The molecule has 1 aromatic carbocycles. The molecule has 0 saturated carbocycles. The zero-order valence-corrected chi connectivity index (χ0v) is 10.6. The van der Waals surface area contributed by atoms with Crippen LogP contribution in [0.2, 0.25) is 0 Å². The molecule has 0 spiro atoms. The van der Waals surface area contributed by atoms with Gasteiger partial charge in [-0.25, -0.2) is 4.98 Å². The largest absolute Gasteiger partial charge is 0.508 e. The van der Waals surface area contributed by atoms with Crippen molar-refractivity contribution in [1.82, 2.24) is 15.3 Å². The average Bonchev–Trinajstić information content (AvgIpc) is 2.91. The van der Waals surface area contributed by atoms with Gasteiger partial charge in [0.25, 0.3) is 0 Å². The molecule has 5 nitrogen and oxygen atoms in total. The number of nitrogens with zero attached hydrogens (tertiary/aromatic N) is 1. The molecule has 0 saturated heterocycles. The highest BCUT2D eigenvalue weighted by atomic mass is 16.3. The van der Waals surface area contributed by atoms with Crippen LogP contribution in [0.5, 0.6) is 5.75 Å². The van der Waals surface area contributed by atoms with E-state index in [1.807, 2.05) is 12.1 Å². The SMILES string of the molecule is O=C(CCc1ccccc1O)NCCc1cnc[nH]1. The summed E-state index contributed by atoms with van der Waals surface area (Å²) in [5, 5.41) is 12.4. The number of H-pyrrole nitrogens is 1. The molecular weight excluding hydrogens is 242 g/mol. The van der Waals surface area contributed by atoms with Crippen LogP contribution < -0.4 is 5.32 Å². The molecule has 2 aromatic rings. The standard InChI is InChI=1S/C14H17N3O2/c18-13-4-2-1-3-11(13)5-6-14(19)16-8-7-12-9-15-10-17-12/h1-4,9-10,18H,5-8H2,(H,15,17)(H,16,19). The Labute approximate surface area is 111 Å². The summed E-state index contributed by atoms with van der Waals surface area (Å²) < 4.78 is 0. The number of carbonyl (C=O) groups is 1. The van der Waals surface area contributed by atoms with Crippen LogP contribution in [-0.4, -0.2) is 27.5 Å². The van der Waals surface area contributed by atoms with Crippen LogP contribution in [0.3, 0.4) is 0 Å². The number of rotatable bonds is 6. The number of nitrogens with one attached hydrogen (secondary N) is 2. The van der Waals surface area contributed by atoms with Gasteiger partial charge in [-0.15, -0.1) is 0 Å². The number of hydrogen-bond donors (Lipinski definition) is 3. The molecule has 1 heterocycles. The summed E-state index contributed by atoms with van der Waals surface area (Å²) in [6.45, 7) is 0.585. The lowest BCUT2D eigenvalue weighted by atomic mass is 10.1. The number of hydrogen-bond acceptors (Lipinski definition) is 3. The van der Waals surface area contributed by atoms with Gasteiger partial charge in [-0.3, -0.25) is 4.79 Å². The van der Waals surface area contributed by atoms with E-state index >= 15 is 0 Å². The first-order valence-corrected chi connectivity index (χ1v) is 6.26. The third kappa shape index (κ3) is 4.13. The van der Waals surface area contributed by atoms with Crippen LogP contribution in [0.25, 0.3) is 0 Å².